The van der Waals surface area contributed by atoms with E-state index in [0.717, 1.165) is 25.8 Å². The number of hydrogen-bond acceptors (Lipinski definition) is 2. The maximum absolute atomic E-state index is 12.2. The van der Waals surface area contributed by atoms with E-state index in [-0.39, 0.29) is 23.4 Å². The molecule has 88 valence electrons. The fraction of sp³-hybridized carbons (Fsp3) is 0.917. The summed E-state index contributed by atoms with van der Waals surface area (Å²) in [6.45, 7) is 9.25. The van der Waals surface area contributed by atoms with Gasteiger partial charge in [-0.2, -0.15) is 0 Å². The molecule has 1 saturated heterocycles. The van der Waals surface area contributed by atoms with Gasteiger partial charge in [-0.25, -0.2) is 0 Å². The van der Waals surface area contributed by atoms with Crippen LogP contribution in [0.3, 0.4) is 0 Å². The molecule has 2 atom stereocenters. The molecule has 0 aliphatic carbocycles. The number of hydrogen-bond donors (Lipinski definition) is 1. The van der Waals surface area contributed by atoms with E-state index in [4.69, 9.17) is 5.73 Å². The summed E-state index contributed by atoms with van der Waals surface area (Å²) in [6.07, 6.45) is 3.15. The van der Waals surface area contributed by atoms with Crippen LogP contribution in [0.25, 0.3) is 0 Å². The second-order valence-electron chi connectivity index (χ2n) is 5.32. The van der Waals surface area contributed by atoms with E-state index >= 15 is 0 Å². The van der Waals surface area contributed by atoms with Crippen molar-refractivity contribution in [2.24, 2.45) is 11.7 Å². The van der Waals surface area contributed by atoms with E-state index in [0.29, 0.717) is 0 Å². The van der Waals surface area contributed by atoms with E-state index < -0.39 is 0 Å². The monoisotopic (exact) mass is 212 g/mol. The van der Waals surface area contributed by atoms with Gasteiger partial charge in [0.2, 0.25) is 5.91 Å². The summed E-state index contributed by atoms with van der Waals surface area (Å²) < 4.78 is 0. The van der Waals surface area contributed by atoms with Gasteiger partial charge in [-0.1, -0.05) is 20.3 Å². The van der Waals surface area contributed by atoms with Gasteiger partial charge in [0.25, 0.3) is 0 Å². The quantitative estimate of drug-likeness (QED) is 0.775. The number of nitrogens with zero attached hydrogens (tertiary/aromatic N) is 1. The molecule has 1 aliphatic rings. The molecule has 3 heteroatoms. The molecule has 1 aliphatic heterocycles. The molecule has 0 spiro atoms. The molecule has 0 aromatic carbocycles. The summed E-state index contributed by atoms with van der Waals surface area (Å²) in [4.78, 5) is 14.1. The summed E-state index contributed by atoms with van der Waals surface area (Å²) in [5.74, 6) is 0.403. The normalized spacial score (nSPS) is 23.9. The Kier molecular flexibility index (Phi) is 3.77. The highest BCUT2D eigenvalue weighted by atomic mass is 16.2. The lowest BCUT2D eigenvalue weighted by Gasteiger charge is -2.34. The third-order valence-corrected chi connectivity index (χ3v) is 3.71. The van der Waals surface area contributed by atoms with E-state index in [1.54, 1.807) is 0 Å². The molecule has 0 radical (unpaired) electrons. The molecule has 0 aromatic heterocycles. The summed E-state index contributed by atoms with van der Waals surface area (Å²) >= 11 is 0. The van der Waals surface area contributed by atoms with Gasteiger partial charge in [0.1, 0.15) is 0 Å². The van der Waals surface area contributed by atoms with Gasteiger partial charge >= 0.3 is 0 Å². The van der Waals surface area contributed by atoms with E-state index in [2.05, 4.69) is 20.8 Å². The highest BCUT2D eigenvalue weighted by molar-refractivity contribution is 5.82. The molecular formula is C12H24N2O. The van der Waals surface area contributed by atoms with Gasteiger partial charge in [0, 0.05) is 12.1 Å². The molecule has 2 N–H and O–H groups in total. The number of carbonyl (C=O) groups excluding carboxylic acids is 1. The molecule has 1 rings (SSSR count). The molecule has 3 nitrogen and oxygen atoms in total. The highest BCUT2D eigenvalue weighted by Crippen LogP contribution is 2.29. The fourth-order valence-electron chi connectivity index (χ4n) is 2.19. The summed E-state index contributed by atoms with van der Waals surface area (Å²) in [5, 5.41) is 0. The maximum atomic E-state index is 12.2. The zero-order chi connectivity index (χ0) is 11.6. The Morgan fingerprint density at radius 3 is 2.53 bits per heavy atom. The number of amides is 1. The SMILES string of the molecule is CC[C@H](C)[C@H](N)C(=O)N1CCCC1(C)C. The summed E-state index contributed by atoms with van der Waals surface area (Å²) in [7, 11) is 0. The average molecular weight is 212 g/mol. The van der Waals surface area contributed by atoms with Crippen LogP contribution < -0.4 is 5.73 Å². The fourth-order valence-corrected chi connectivity index (χ4v) is 2.19. The van der Waals surface area contributed by atoms with Crippen molar-refractivity contribution in [2.75, 3.05) is 6.54 Å². The van der Waals surface area contributed by atoms with Crippen molar-refractivity contribution in [3.63, 3.8) is 0 Å². The molecular weight excluding hydrogens is 188 g/mol. The van der Waals surface area contributed by atoms with Crippen molar-refractivity contribution < 1.29 is 4.79 Å². The van der Waals surface area contributed by atoms with Crippen LogP contribution >= 0.6 is 0 Å². The highest BCUT2D eigenvalue weighted by Gasteiger charge is 2.38. The summed E-state index contributed by atoms with van der Waals surface area (Å²) in [6, 6.07) is -0.327. The van der Waals surface area contributed by atoms with Crippen LogP contribution in [0.5, 0.6) is 0 Å². The first-order chi connectivity index (χ1) is 6.90. The second-order valence-corrected chi connectivity index (χ2v) is 5.32. The minimum Gasteiger partial charge on any atom is -0.336 e. The van der Waals surface area contributed by atoms with Crippen molar-refractivity contribution in [3.05, 3.63) is 0 Å². The standard InChI is InChI=1S/C12H24N2O/c1-5-9(2)10(13)11(15)14-8-6-7-12(14,3)4/h9-10H,5-8,13H2,1-4H3/t9-,10-/m0/s1. The van der Waals surface area contributed by atoms with Crippen LogP contribution in [0.1, 0.15) is 47.0 Å². The van der Waals surface area contributed by atoms with Crippen molar-refractivity contribution in [1.82, 2.24) is 4.90 Å². The van der Waals surface area contributed by atoms with Gasteiger partial charge in [0.05, 0.1) is 6.04 Å². The number of nitrogens with two attached hydrogens (primary N) is 1. The van der Waals surface area contributed by atoms with Crippen molar-refractivity contribution in [2.45, 2.75) is 58.5 Å². The predicted octanol–water partition coefficient (Wildman–Crippen LogP) is 1.76. The van der Waals surface area contributed by atoms with E-state index in [1.165, 1.54) is 0 Å². The molecule has 1 amide bonds. The predicted molar refractivity (Wildman–Crippen MR) is 62.5 cm³/mol. The molecule has 0 unspecified atom stereocenters. The van der Waals surface area contributed by atoms with Crippen molar-refractivity contribution >= 4 is 5.91 Å². The summed E-state index contributed by atoms with van der Waals surface area (Å²) in [5.41, 5.74) is 5.98. The van der Waals surface area contributed by atoms with Crippen LogP contribution in [0.2, 0.25) is 0 Å². The Bertz CT molecular complexity index is 238. The Hall–Kier alpha value is -0.570. The Morgan fingerprint density at radius 1 is 1.53 bits per heavy atom. The van der Waals surface area contributed by atoms with Gasteiger partial charge in [0.15, 0.2) is 0 Å². The Labute approximate surface area is 93.0 Å². The molecule has 0 aromatic rings. The average Bonchev–Trinajstić information content (AvgIpc) is 2.54. The minimum absolute atomic E-state index is 0.00215. The van der Waals surface area contributed by atoms with Crippen molar-refractivity contribution in [1.29, 1.82) is 0 Å². The third kappa shape index (κ3) is 2.51. The first kappa shape index (κ1) is 12.5. The number of carbonyl (C=O) groups is 1. The zero-order valence-corrected chi connectivity index (χ0v) is 10.4. The van der Waals surface area contributed by atoms with Gasteiger partial charge in [-0.05, 0) is 32.6 Å². The van der Waals surface area contributed by atoms with E-state index in [1.807, 2.05) is 11.8 Å². The first-order valence-electron chi connectivity index (χ1n) is 5.97. The lowest BCUT2D eigenvalue weighted by atomic mass is 9.96. The smallest absolute Gasteiger partial charge is 0.240 e. The van der Waals surface area contributed by atoms with Crippen LogP contribution in [-0.4, -0.2) is 28.9 Å². The van der Waals surface area contributed by atoms with Gasteiger partial charge in [-0.15, -0.1) is 0 Å². The lowest BCUT2D eigenvalue weighted by Crippen LogP contribution is -2.52. The first-order valence-corrected chi connectivity index (χ1v) is 5.97. The second kappa shape index (κ2) is 4.52. The van der Waals surface area contributed by atoms with Crippen LogP contribution in [0.15, 0.2) is 0 Å². The number of rotatable bonds is 3. The molecule has 0 bridgehead atoms. The van der Waals surface area contributed by atoms with Crippen molar-refractivity contribution in [3.8, 4) is 0 Å². The molecule has 1 heterocycles. The van der Waals surface area contributed by atoms with Gasteiger partial charge < -0.3 is 10.6 Å². The number of likely N-dealkylation sites (tertiary alicyclic amines) is 1. The molecule has 0 saturated carbocycles. The van der Waals surface area contributed by atoms with Crippen LogP contribution in [-0.2, 0) is 4.79 Å². The maximum Gasteiger partial charge on any atom is 0.240 e. The zero-order valence-electron chi connectivity index (χ0n) is 10.4. The van der Waals surface area contributed by atoms with Crippen LogP contribution in [0.4, 0.5) is 0 Å². The minimum atomic E-state index is -0.327. The molecule has 1 fully saturated rings. The largest absolute Gasteiger partial charge is 0.336 e. The van der Waals surface area contributed by atoms with Crippen LogP contribution in [0, 0.1) is 5.92 Å². The van der Waals surface area contributed by atoms with Gasteiger partial charge in [-0.3, -0.25) is 4.79 Å². The molecule has 15 heavy (non-hydrogen) atoms. The Morgan fingerprint density at radius 2 is 2.13 bits per heavy atom. The topological polar surface area (TPSA) is 46.3 Å². The lowest BCUT2D eigenvalue weighted by molar-refractivity contribution is -0.136. The van der Waals surface area contributed by atoms with E-state index in [9.17, 15) is 4.79 Å². The Balaban J connectivity index is 2.68. The third-order valence-electron chi connectivity index (χ3n) is 3.71.